The van der Waals surface area contributed by atoms with Crippen molar-refractivity contribution >= 4 is 6.09 Å². The fourth-order valence-corrected chi connectivity index (χ4v) is 9.94. The van der Waals surface area contributed by atoms with Gasteiger partial charge < -0.3 is 15.4 Å². The van der Waals surface area contributed by atoms with Crippen molar-refractivity contribution in [2.24, 2.45) is 52.1 Å². The summed E-state index contributed by atoms with van der Waals surface area (Å²) in [6.45, 7) is 19.8. The Hall–Kier alpha value is -1.03. The van der Waals surface area contributed by atoms with Gasteiger partial charge in [0, 0.05) is 12.6 Å². The number of hydrogen-bond donors (Lipinski definition) is 1. The largest absolute Gasteiger partial charge is 0.444 e. The van der Waals surface area contributed by atoms with Crippen LogP contribution in [0.25, 0.3) is 0 Å². The normalized spacial score (nSPS) is 37.0. The van der Waals surface area contributed by atoms with E-state index in [0.717, 1.165) is 54.8 Å². The van der Waals surface area contributed by atoms with Gasteiger partial charge >= 0.3 is 6.09 Å². The van der Waals surface area contributed by atoms with Crippen LogP contribution < -0.4 is 5.73 Å². The van der Waals surface area contributed by atoms with Gasteiger partial charge in [0.2, 0.25) is 0 Å². The van der Waals surface area contributed by atoms with Crippen LogP contribution in [0.4, 0.5) is 4.79 Å². The van der Waals surface area contributed by atoms with E-state index in [1.54, 1.807) is 5.57 Å². The molecule has 4 aliphatic carbocycles. The minimum Gasteiger partial charge on any atom is -0.444 e. The number of nitrogens with zero attached hydrogens (tertiary/aromatic N) is 1. The van der Waals surface area contributed by atoms with Crippen LogP contribution in [0.5, 0.6) is 0 Å². The van der Waals surface area contributed by atoms with Gasteiger partial charge in [-0.3, -0.25) is 0 Å². The van der Waals surface area contributed by atoms with Crippen LogP contribution in [0.15, 0.2) is 11.6 Å². The number of amides is 1. The van der Waals surface area contributed by atoms with Gasteiger partial charge in [0.15, 0.2) is 0 Å². The molecule has 0 aromatic heterocycles. The van der Waals surface area contributed by atoms with Crippen molar-refractivity contribution in [1.82, 2.24) is 4.90 Å². The van der Waals surface area contributed by atoms with Crippen LogP contribution >= 0.6 is 0 Å². The molecule has 3 saturated carbocycles. The Balaban J connectivity index is 1.47. The zero-order valence-corrected chi connectivity index (χ0v) is 26.9. The Kier molecular flexibility index (Phi) is 9.56. The molecule has 4 aliphatic rings. The van der Waals surface area contributed by atoms with E-state index in [9.17, 15) is 4.79 Å². The summed E-state index contributed by atoms with van der Waals surface area (Å²) < 4.78 is 5.85. The standard InChI is InChI=1S/C35H62N2O2/c1-24(2)11-9-12-25(3)29-15-16-30-28-14-13-26-23-27(37(22-10-21-36)32(38)39-33(4,5)6)17-19-34(26,7)31(28)18-20-35(29,30)8/h13,24-25,27-31H,9-12,14-23,36H2,1-8H3/t25?,27?,28?,29-,30?,31?,34+,35-/m1/s1. The summed E-state index contributed by atoms with van der Waals surface area (Å²) in [4.78, 5) is 15.2. The molecule has 2 N–H and O–H groups in total. The lowest BCUT2D eigenvalue weighted by atomic mass is 9.46. The van der Waals surface area contributed by atoms with Crippen molar-refractivity contribution in [3.8, 4) is 0 Å². The molecule has 0 aromatic rings. The second kappa shape index (κ2) is 12.1. The first-order valence-electron chi connectivity index (χ1n) is 16.7. The Morgan fingerprint density at radius 3 is 2.46 bits per heavy atom. The van der Waals surface area contributed by atoms with E-state index in [1.807, 2.05) is 25.7 Å². The lowest BCUT2D eigenvalue weighted by Crippen LogP contribution is -2.53. The molecule has 4 heteroatoms. The summed E-state index contributed by atoms with van der Waals surface area (Å²) in [5.41, 5.74) is 7.86. The molecule has 224 valence electrons. The first-order valence-corrected chi connectivity index (χ1v) is 16.7. The molecule has 39 heavy (non-hydrogen) atoms. The molecule has 0 saturated heterocycles. The quantitative estimate of drug-likeness (QED) is 0.296. The molecule has 0 heterocycles. The second-order valence-electron chi connectivity index (χ2n) is 16.0. The number of hydrogen-bond acceptors (Lipinski definition) is 3. The van der Waals surface area contributed by atoms with E-state index in [1.165, 1.54) is 57.8 Å². The van der Waals surface area contributed by atoms with E-state index < -0.39 is 5.60 Å². The van der Waals surface area contributed by atoms with Gasteiger partial charge in [-0.05, 0) is 131 Å². The lowest BCUT2D eigenvalue weighted by Gasteiger charge is -2.59. The molecule has 0 aromatic carbocycles. The topological polar surface area (TPSA) is 55.6 Å². The van der Waals surface area contributed by atoms with Gasteiger partial charge in [0.1, 0.15) is 5.60 Å². The maximum atomic E-state index is 13.2. The van der Waals surface area contributed by atoms with E-state index in [0.29, 0.717) is 23.9 Å². The summed E-state index contributed by atoms with van der Waals surface area (Å²) in [6, 6.07) is 0.235. The molecule has 4 rings (SSSR count). The van der Waals surface area contributed by atoms with Gasteiger partial charge in [0.05, 0.1) is 0 Å². The summed E-state index contributed by atoms with van der Waals surface area (Å²) in [5, 5.41) is 0. The minimum atomic E-state index is -0.474. The van der Waals surface area contributed by atoms with Crippen LogP contribution in [0.3, 0.4) is 0 Å². The fourth-order valence-electron chi connectivity index (χ4n) is 9.94. The molecule has 0 spiro atoms. The number of fused-ring (bicyclic) bond motifs is 5. The zero-order valence-electron chi connectivity index (χ0n) is 26.9. The third-order valence-electron chi connectivity index (χ3n) is 12.0. The SMILES string of the molecule is CC(C)CCCC(C)[C@H]1CCC2C3CC=C4CC(N(CCCN)C(=O)OC(C)(C)C)CC[C@]4(C)C3CC[C@@]21C. The number of allylic oxidation sites excluding steroid dienone is 1. The van der Waals surface area contributed by atoms with Crippen molar-refractivity contribution in [3.63, 3.8) is 0 Å². The number of ether oxygens (including phenoxy) is 1. The van der Waals surface area contributed by atoms with Gasteiger partial charge in [-0.2, -0.15) is 0 Å². The second-order valence-corrected chi connectivity index (χ2v) is 16.0. The smallest absolute Gasteiger partial charge is 0.410 e. The molecule has 1 amide bonds. The van der Waals surface area contributed by atoms with Gasteiger partial charge in [0.25, 0.3) is 0 Å². The first kappa shape index (κ1) is 30.9. The molecule has 3 fully saturated rings. The molecule has 0 radical (unpaired) electrons. The van der Waals surface area contributed by atoms with Gasteiger partial charge in [-0.15, -0.1) is 0 Å². The van der Waals surface area contributed by atoms with Crippen molar-refractivity contribution in [1.29, 1.82) is 0 Å². The van der Waals surface area contributed by atoms with Crippen molar-refractivity contribution in [2.45, 2.75) is 144 Å². The fraction of sp³-hybridized carbons (Fsp3) is 0.914. The number of carbonyl (C=O) groups excluding carboxylic acids is 1. The molecule has 4 nitrogen and oxygen atoms in total. The maximum absolute atomic E-state index is 13.2. The van der Waals surface area contributed by atoms with Crippen LogP contribution in [0.2, 0.25) is 0 Å². The molecule has 8 atom stereocenters. The first-order chi connectivity index (χ1) is 18.3. The van der Waals surface area contributed by atoms with Crippen LogP contribution in [-0.4, -0.2) is 35.7 Å². The van der Waals surface area contributed by atoms with E-state index in [2.05, 4.69) is 40.7 Å². The van der Waals surface area contributed by atoms with Crippen LogP contribution in [-0.2, 0) is 4.74 Å². The van der Waals surface area contributed by atoms with Crippen molar-refractivity contribution in [2.75, 3.05) is 13.1 Å². The summed E-state index contributed by atoms with van der Waals surface area (Å²) in [5.74, 6) is 5.16. The maximum Gasteiger partial charge on any atom is 0.410 e. The average molecular weight is 543 g/mol. The van der Waals surface area contributed by atoms with Gasteiger partial charge in [-0.25, -0.2) is 4.79 Å². The Bertz CT molecular complexity index is 874. The highest BCUT2D eigenvalue weighted by Crippen LogP contribution is 2.67. The van der Waals surface area contributed by atoms with Crippen LogP contribution in [0, 0.1) is 46.3 Å². The zero-order chi connectivity index (χ0) is 28.6. The highest BCUT2D eigenvalue weighted by Gasteiger charge is 2.59. The van der Waals surface area contributed by atoms with E-state index >= 15 is 0 Å². The third kappa shape index (κ3) is 6.41. The van der Waals surface area contributed by atoms with Gasteiger partial charge in [-0.1, -0.05) is 65.5 Å². The minimum absolute atomic E-state index is 0.160. The lowest BCUT2D eigenvalue weighted by molar-refractivity contribution is -0.0556. The predicted octanol–water partition coefficient (Wildman–Crippen LogP) is 8.98. The molecular formula is C35H62N2O2. The third-order valence-corrected chi connectivity index (χ3v) is 12.0. The van der Waals surface area contributed by atoms with E-state index in [-0.39, 0.29) is 12.1 Å². The van der Waals surface area contributed by atoms with E-state index in [4.69, 9.17) is 10.5 Å². The van der Waals surface area contributed by atoms with Crippen molar-refractivity contribution < 1.29 is 9.53 Å². The molecule has 5 unspecified atom stereocenters. The summed E-state index contributed by atoms with van der Waals surface area (Å²) >= 11 is 0. The molecular weight excluding hydrogens is 480 g/mol. The number of rotatable bonds is 9. The number of nitrogens with two attached hydrogens (primary N) is 1. The molecule has 0 aliphatic heterocycles. The Labute approximate surface area is 241 Å². The predicted molar refractivity (Wildman–Crippen MR) is 163 cm³/mol. The Morgan fingerprint density at radius 1 is 1.05 bits per heavy atom. The summed E-state index contributed by atoms with van der Waals surface area (Å²) in [7, 11) is 0. The molecule has 0 bridgehead atoms. The highest BCUT2D eigenvalue weighted by molar-refractivity contribution is 5.68. The average Bonchev–Trinajstić information content (AvgIpc) is 3.20. The Morgan fingerprint density at radius 2 is 1.79 bits per heavy atom. The van der Waals surface area contributed by atoms with Crippen molar-refractivity contribution in [3.05, 3.63) is 11.6 Å². The highest BCUT2D eigenvalue weighted by atomic mass is 16.6. The van der Waals surface area contributed by atoms with Crippen LogP contribution in [0.1, 0.15) is 132 Å². The number of carbonyl (C=O) groups is 1. The summed E-state index contributed by atoms with van der Waals surface area (Å²) in [6.07, 6.45) is 17.8. The monoisotopic (exact) mass is 542 g/mol.